The predicted molar refractivity (Wildman–Crippen MR) is 155 cm³/mol. The summed E-state index contributed by atoms with van der Waals surface area (Å²) in [5.41, 5.74) is 12.8. The largest absolute Gasteiger partial charge is 0.265 e. The molecule has 3 heterocycles. The molecule has 3 heteroatoms. The average molecular weight is 491 g/mol. The van der Waals surface area contributed by atoms with Gasteiger partial charge in [-0.1, -0.05) is 59.7 Å². The minimum Gasteiger partial charge on any atom is -0.265 e. The van der Waals surface area contributed by atoms with Crippen LogP contribution in [-0.2, 0) is 0 Å². The van der Waals surface area contributed by atoms with Crippen molar-refractivity contribution in [2.24, 2.45) is 0 Å². The van der Waals surface area contributed by atoms with Crippen LogP contribution in [0.3, 0.4) is 0 Å². The van der Waals surface area contributed by atoms with Gasteiger partial charge in [0.05, 0.1) is 0 Å². The molecule has 0 spiro atoms. The fraction of sp³-hybridized carbons (Fsp3) is 0.0571. The van der Waals surface area contributed by atoms with Gasteiger partial charge in [0.1, 0.15) is 0 Å². The molecule has 0 bridgehead atoms. The molecule has 182 valence electrons. The minimum atomic E-state index is 1.07. The van der Waals surface area contributed by atoms with Gasteiger partial charge in [-0.15, -0.1) is 0 Å². The van der Waals surface area contributed by atoms with E-state index in [0.29, 0.717) is 0 Å². The van der Waals surface area contributed by atoms with Crippen LogP contribution < -0.4 is 4.57 Å². The summed E-state index contributed by atoms with van der Waals surface area (Å²) in [6.45, 7) is 4.25. The molecule has 6 aromatic rings. The number of aromatic nitrogens is 3. The lowest BCUT2D eigenvalue weighted by Crippen LogP contribution is -2.36. The van der Waals surface area contributed by atoms with Crippen LogP contribution >= 0.6 is 0 Å². The highest BCUT2D eigenvalue weighted by Crippen LogP contribution is 2.32. The van der Waals surface area contributed by atoms with Crippen LogP contribution in [0.15, 0.2) is 134 Å². The molecule has 0 aliphatic heterocycles. The standard InChI is InChI=1S/C35H28N3/c1-25-3-7-30(8-4-25)34-23-32(28-13-11-27(12-14-28)29-15-19-36-20-16-29)24-35(31-9-5-26(2)6-10-31)38(34)33-17-21-37-22-18-33/h3-24H,1-2H3/q+1. The Hall–Kier alpha value is -4.89. The SMILES string of the molecule is Cc1ccc(-c2cc(-c3ccc(-c4ccncc4)cc3)cc(-c3ccc(C)cc3)[n+]2-c2ccncc2)cc1. The van der Waals surface area contributed by atoms with E-state index >= 15 is 0 Å². The molecule has 0 aliphatic carbocycles. The molecule has 0 saturated carbocycles. The quantitative estimate of drug-likeness (QED) is 0.229. The molecule has 0 unspecified atom stereocenters. The molecule has 0 N–H and O–H groups in total. The van der Waals surface area contributed by atoms with Gasteiger partial charge in [-0.3, -0.25) is 9.97 Å². The van der Waals surface area contributed by atoms with E-state index in [0.717, 1.165) is 33.8 Å². The van der Waals surface area contributed by atoms with Crippen molar-refractivity contribution in [3.63, 3.8) is 0 Å². The highest BCUT2D eigenvalue weighted by molar-refractivity contribution is 5.76. The molecular weight excluding hydrogens is 462 g/mol. The van der Waals surface area contributed by atoms with Crippen LogP contribution in [0, 0.1) is 13.8 Å². The third-order valence-corrected chi connectivity index (χ3v) is 6.91. The highest BCUT2D eigenvalue weighted by atomic mass is 15.0. The fourth-order valence-electron chi connectivity index (χ4n) is 4.81. The summed E-state index contributed by atoms with van der Waals surface area (Å²) in [7, 11) is 0. The maximum Gasteiger partial charge on any atom is 0.219 e. The zero-order valence-electron chi connectivity index (χ0n) is 21.5. The van der Waals surface area contributed by atoms with Gasteiger partial charge in [-0.05, 0) is 72.5 Å². The second-order valence-corrected chi connectivity index (χ2v) is 9.60. The van der Waals surface area contributed by atoms with Crippen molar-refractivity contribution in [1.29, 1.82) is 0 Å². The second-order valence-electron chi connectivity index (χ2n) is 9.60. The first kappa shape index (κ1) is 23.5. The lowest BCUT2D eigenvalue weighted by molar-refractivity contribution is -0.572. The van der Waals surface area contributed by atoms with Crippen molar-refractivity contribution < 1.29 is 4.57 Å². The Kier molecular flexibility index (Phi) is 6.33. The molecule has 0 fully saturated rings. The smallest absolute Gasteiger partial charge is 0.219 e. The van der Waals surface area contributed by atoms with Crippen LogP contribution in [0.25, 0.3) is 50.5 Å². The maximum atomic E-state index is 4.28. The van der Waals surface area contributed by atoms with E-state index in [4.69, 9.17) is 0 Å². The summed E-state index contributed by atoms with van der Waals surface area (Å²) in [5, 5.41) is 0. The third-order valence-electron chi connectivity index (χ3n) is 6.91. The van der Waals surface area contributed by atoms with Crippen molar-refractivity contribution in [3.8, 4) is 50.5 Å². The molecule has 38 heavy (non-hydrogen) atoms. The van der Waals surface area contributed by atoms with E-state index in [1.54, 1.807) is 0 Å². The van der Waals surface area contributed by atoms with Gasteiger partial charge < -0.3 is 0 Å². The van der Waals surface area contributed by atoms with Gasteiger partial charge >= 0.3 is 0 Å². The molecular formula is C35H28N3+. The van der Waals surface area contributed by atoms with Crippen LogP contribution in [0.1, 0.15) is 11.1 Å². The van der Waals surface area contributed by atoms with Gasteiger partial charge in [-0.25, -0.2) is 0 Å². The van der Waals surface area contributed by atoms with E-state index in [2.05, 4.69) is 125 Å². The first-order valence-corrected chi connectivity index (χ1v) is 12.8. The van der Waals surface area contributed by atoms with Crippen molar-refractivity contribution in [2.75, 3.05) is 0 Å². The molecule has 0 saturated heterocycles. The summed E-state index contributed by atoms with van der Waals surface area (Å²) in [6.07, 6.45) is 7.37. The summed E-state index contributed by atoms with van der Waals surface area (Å²) in [5.74, 6) is 0. The van der Waals surface area contributed by atoms with Crippen LogP contribution in [0.5, 0.6) is 0 Å². The Bertz CT molecular complexity index is 1610. The summed E-state index contributed by atoms with van der Waals surface area (Å²) in [6, 6.07) is 39.1. The summed E-state index contributed by atoms with van der Waals surface area (Å²) >= 11 is 0. The number of aryl methyl sites for hydroxylation is 2. The Morgan fingerprint density at radius 3 is 1.24 bits per heavy atom. The number of hydrogen-bond acceptors (Lipinski definition) is 2. The van der Waals surface area contributed by atoms with Crippen LogP contribution in [0.2, 0.25) is 0 Å². The van der Waals surface area contributed by atoms with E-state index in [-0.39, 0.29) is 0 Å². The van der Waals surface area contributed by atoms with Crippen molar-refractivity contribution in [2.45, 2.75) is 13.8 Å². The molecule has 6 rings (SSSR count). The van der Waals surface area contributed by atoms with E-state index in [1.165, 1.54) is 27.8 Å². The van der Waals surface area contributed by atoms with Gasteiger partial charge in [0.15, 0.2) is 0 Å². The first-order valence-electron chi connectivity index (χ1n) is 12.8. The second kappa shape index (κ2) is 10.2. The summed E-state index contributed by atoms with van der Waals surface area (Å²) in [4.78, 5) is 8.43. The Labute approximate surface area is 223 Å². The number of nitrogens with zero attached hydrogens (tertiary/aromatic N) is 3. The number of benzene rings is 3. The predicted octanol–water partition coefficient (Wildman–Crippen LogP) is 8.04. The van der Waals surface area contributed by atoms with Gasteiger partial charge in [0, 0.05) is 60.2 Å². The molecule has 3 aromatic heterocycles. The molecule has 0 aliphatic rings. The fourth-order valence-corrected chi connectivity index (χ4v) is 4.81. The lowest BCUT2D eigenvalue weighted by Gasteiger charge is -2.13. The minimum absolute atomic E-state index is 1.07. The topological polar surface area (TPSA) is 29.7 Å². The van der Waals surface area contributed by atoms with Crippen LogP contribution in [-0.4, -0.2) is 9.97 Å². The normalized spacial score (nSPS) is 10.9. The van der Waals surface area contributed by atoms with Crippen LogP contribution in [0.4, 0.5) is 0 Å². The van der Waals surface area contributed by atoms with E-state index < -0.39 is 0 Å². The van der Waals surface area contributed by atoms with Gasteiger partial charge in [0.2, 0.25) is 17.1 Å². The summed E-state index contributed by atoms with van der Waals surface area (Å²) < 4.78 is 2.34. The number of pyridine rings is 3. The molecule has 3 nitrogen and oxygen atoms in total. The molecule has 0 radical (unpaired) electrons. The molecule has 0 amide bonds. The maximum absolute atomic E-state index is 4.28. The number of hydrogen-bond donors (Lipinski definition) is 0. The van der Waals surface area contributed by atoms with E-state index in [9.17, 15) is 0 Å². The van der Waals surface area contributed by atoms with Crippen molar-refractivity contribution >= 4 is 0 Å². The van der Waals surface area contributed by atoms with Gasteiger partial charge in [0.25, 0.3) is 0 Å². The van der Waals surface area contributed by atoms with Gasteiger partial charge in [-0.2, -0.15) is 4.57 Å². The average Bonchev–Trinajstić information content (AvgIpc) is 2.98. The van der Waals surface area contributed by atoms with Crippen molar-refractivity contribution in [3.05, 3.63) is 145 Å². The number of rotatable bonds is 5. The van der Waals surface area contributed by atoms with Crippen molar-refractivity contribution in [1.82, 2.24) is 9.97 Å². The monoisotopic (exact) mass is 490 g/mol. The Morgan fingerprint density at radius 1 is 0.395 bits per heavy atom. The zero-order chi connectivity index (χ0) is 25.9. The highest BCUT2D eigenvalue weighted by Gasteiger charge is 2.25. The Morgan fingerprint density at radius 2 is 0.763 bits per heavy atom. The first-order chi connectivity index (χ1) is 18.7. The molecule has 3 aromatic carbocycles. The molecule has 0 atom stereocenters. The zero-order valence-corrected chi connectivity index (χ0v) is 21.5. The lowest BCUT2D eigenvalue weighted by atomic mass is 9.96. The van der Waals surface area contributed by atoms with E-state index in [1.807, 2.05) is 36.9 Å². The Balaban J connectivity index is 1.59. The third kappa shape index (κ3) is 4.74.